The maximum Gasteiger partial charge on any atom is 0.163 e. The number of benzene rings is 1. The highest BCUT2D eigenvalue weighted by molar-refractivity contribution is 14.1. The van der Waals surface area contributed by atoms with Gasteiger partial charge in [0.05, 0.1) is 0 Å². The summed E-state index contributed by atoms with van der Waals surface area (Å²) in [6.45, 7) is 6.48. The van der Waals surface area contributed by atoms with Crippen molar-refractivity contribution >= 4 is 44.3 Å². The molecule has 0 aliphatic carbocycles. The maximum absolute atomic E-state index is 12.0. The van der Waals surface area contributed by atoms with Crippen molar-refractivity contribution in [3.05, 3.63) is 31.8 Å². The molecule has 88 valence electrons. The van der Waals surface area contributed by atoms with Gasteiger partial charge in [0.1, 0.15) is 0 Å². The molecular weight excluding hydrogens is 379 g/mol. The van der Waals surface area contributed by atoms with E-state index in [2.05, 4.69) is 59.3 Å². The van der Waals surface area contributed by atoms with E-state index < -0.39 is 0 Å². The smallest absolute Gasteiger partial charge is 0.163 e. The molecule has 0 unspecified atom stereocenters. The van der Waals surface area contributed by atoms with Gasteiger partial charge in [-0.25, -0.2) is 0 Å². The molecule has 0 saturated heterocycles. The molecule has 0 fully saturated rings. The van der Waals surface area contributed by atoms with Crippen LogP contribution in [0.25, 0.3) is 0 Å². The fourth-order valence-electron chi connectivity index (χ4n) is 1.33. The number of rotatable bonds is 3. The van der Waals surface area contributed by atoms with E-state index in [0.717, 1.165) is 20.0 Å². The first kappa shape index (κ1) is 14.2. The normalized spacial score (nSPS) is 11.6. The first-order valence-electron chi connectivity index (χ1n) is 5.28. The van der Waals surface area contributed by atoms with Crippen LogP contribution in [0.3, 0.4) is 0 Å². The van der Waals surface area contributed by atoms with E-state index in [9.17, 15) is 4.79 Å². The lowest BCUT2D eigenvalue weighted by Crippen LogP contribution is -2.10. The third kappa shape index (κ3) is 4.53. The monoisotopic (exact) mass is 394 g/mol. The van der Waals surface area contributed by atoms with Crippen molar-refractivity contribution in [3.8, 4) is 0 Å². The topological polar surface area (TPSA) is 17.1 Å². The average molecular weight is 395 g/mol. The fourth-order valence-corrected chi connectivity index (χ4v) is 2.33. The summed E-state index contributed by atoms with van der Waals surface area (Å²) in [5.41, 5.74) is 1.05. The molecule has 0 saturated carbocycles. The van der Waals surface area contributed by atoms with Gasteiger partial charge in [0.25, 0.3) is 0 Å². The molecule has 1 nitrogen and oxygen atoms in total. The van der Waals surface area contributed by atoms with Crippen LogP contribution >= 0.6 is 38.5 Å². The van der Waals surface area contributed by atoms with Crippen LogP contribution in [0.2, 0.25) is 0 Å². The Balaban J connectivity index is 2.77. The summed E-state index contributed by atoms with van der Waals surface area (Å²) in [6, 6.07) is 5.84. The molecule has 1 aromatic carbocycles. The van der Waals surface area contributed by atoms with Gasteiger partial charge in [-0.15, -0.1) is 0 Å². The highest BCUT2D eigenvalue weighted by atomic mass is 127. The van der Waals surface area contributed by atoms with Crippen molar-refractivity contribution in [1.29, 1.82) is 0 Å². The summed E-state index contributed by atoms with van der Waals surface area (Å²) in [7, 11) is 0. The third-order valence-corrected chi connectivity index (χ3v) is 3.76. The second kappa shape index (κ2) is 5.63. The summed E-state index contributed by atoms with van der Waals surface area (Å²) >= 11 is 5.61. The zero-order valence-electron chi connectivity index (χ0n) is 9.81. The number of carbonyl (C=O) groups excluding carboxylic acids is 1. The standard InChI is InChI=1S/C13H16BrIO/c1-13(2,3)7-6-12(16)10-8-9(14)4-5-11(10)15/h4-5,8H,6-7H2,1-3H3. The molecule has 1 aromatic rings. The largest absolute Gasteiger partial charge is 0.294 e. The highest BCUT2D eigenvalue weighted by Gasteiger charge is 2.15. The molecule has 0 amide bonds. The molecule has 0 radical (unpaired) electrons. The van der Waals surface area contributed by atoms with Gasteiger partial charge in [0, 0.05) is 20.0 Å². The number of carbonyl (C=O) groups is 1. The van der Waals surface area contributed by atoms with Crippen LogP contribution < -0.4 is 0 Å². The summed E-state index contributed by atoms with van der Waals surface area (Å²) in [4.78, 5) is 12.0. The zero-order valence-corrected chi connectivity index (χ0v) is 13.6. The lowest BCUT2D eigenvalue weighted by molar-refractivity contribution is 0.0965. The van der Waals surface area contributed by atoms with Gasteiger partial charge in [-0.2, -0.15) is 0 Å². The molecule has 0 bridgehead atoms. The molecule has 16 heavy (non-hydrogen) atoms. The van der Waals surface area contributed by atoms with Crippen molar-refractivity contribution < 1.29 is 4.79 Å². The van der Waals surface area contributed by atoms with Gasteiger partial charge >= 0.3 is 0 Å². The lowest BCUT2D eigenvalue weighted by atomic mass is 9.88. The molecule has 0 aliphatic heterocycles. The van der Waals surface area contributed by atoms with Crippen LogP contribution in [0.1, 0.15) is 44.0 Å². The van der Waals surface area contributed by atoms with Crippen molar-refractivity contribution in [2.45, 2.75) is 33.6 Å². The van der Waals surface area contributed by atoms with Crippen molar-refractivity contribution in [1.82, 2.24) is 0 Å². The number of hydrogen-bond donors (Lipinski definition) is 0. The van der Waals surface area contributed by atoms with Crippen LogP contribution in [0, 0.1) is 8.99 Å². The average Bonchev–Trinajstić information content (AvgIpc) is 2.17. The van der Waals surface area contributed by atoms with Gasteiger partial charge in [-0.3, -0.25) is 4.79 Å². The second-order valence-electron chi connectivity index (χ2n) is 5.11. The first-order chi connectivity index (χ1) is 7.29. The summed E-state index contributed by atoms with van der Waals surface area (Å²) < 4.78 is 1.99. The Morgan fingerprint density at radius 3 is 2.56 bits per heavy atom. The molecule has 0 atom stereocenters. The number of halogens is 2. The Hall–Kier alpha value is 0.1000. The lowest BCUT2D eigenvalue weighted by Gasteiger charge is -2.17. The number of Topliss-reactive ketones (excluding diaryl/α,β-unsaturated/α-hetero) is 1. The second-order valence-corrected chi connectivity index (χ2v) is 7.19. The Morgan fingerprint density at radius 2 is 2.00 bits per heavy atom. The van der Waals surface area contributed by atoms with Gasteiger partial charge in [-0.1, -0.05) is 36.7 Å². The zero-order chi connectivity index (χ0) is 12.3. The Kier molecular flexibility index (Phi) is 4.98. The number of ketones is 1. The summed E-state index contributed by atoms with van der Waals surface area (Å²) in [5.74, 6) is 0.237. The maximum atomic E-state index is 12.0. The molecule has 1 rings (SSSR count). The molecule has 0 spiro atoms. The molecular formula is C13H16BrIO. The molecule has 3 heteroatoms. The van der Waals surface area contributed by atoms with Crippen LogP contribution in [0.15, 0.2) is 22.7 Å². The third-order valence-electron chi connectivity index (χ3n) is 2.33. The van der Waals surface area contributed by atoms with E-state index in [-0.39, 0.29) is 11.2 Å². The Bertz CT molecular complexity index is 393. The van der Waals surface area contributed by atoms with Crippen LogP contribution in [-0.2, 0) is 0 Å². The summed E-state index contributed by atoms with van der Waals surface area (Å²) in [6.07, 6.45) is 1.55. The molecule has 0 heterocycles. The van der Waals surface area contributed by atoms with Crippen LogP contribution in [0.4, 0.5) is 0 Å². The predicted octanol–water partition coefficient (Wildman–Crippen LogP) is 5.06. The SMILES string of the molecule is CC(C)(C)CCC(=O)c1cc(Br)ccc1I. The van der Waals surface area contributed by atoms with Gasteiger partial charge in [-0.05, 0) is 52.6 Å². The van der Waals surface area contributed by atoms with E-state index >= 15 is 0 Å². The minimum atomic E-state index is 0.215. The van der Waals surface area contributed by atoms with Crippen molar-refractivity contribution in [3.63, 3.8) is 0 Å². The van der Waals surface area contributed by atoms with Crippen LogP contribution in [-0.4, -0.2) is 5.78 Å². The minimum absolute atomic E-state index is 0.215. The molecule has 0 aromatic heterocycles. The Morgan fingerprint density at radius 1 is 1.38 bits per heavy atom. The molecule has 0 N–H and O–H groups in total. The fraction of sp³-hybridized carbons (Fsp3) is 0.462. The van der Waals surface area contributed by atoms with E-state index in [1.54, 1.807) is 0 Å². The van der Waals surface area contributed by atoms with E-state index in [0.29, 0.717) is 6.42 Å². The van der Waals surface area contributed by atoms with E-state index in [1.807, 2.05) is 18.2 Å². The van der Waals surface area contributed by atoms with Crippen molar-refractivity contribution in [2.24, 2.45) is 5.41 Å². The van der Waals surface area contributed by atoms with Gasteiger partial charge in [0.2, 0.25) is 0 Å². The van der Waals surface area contributed by atoms with Crippen molar-refractivity contribution in [2.75, 3.05) is 0 Å². The van der Waals surface area contributed by atoms with Crippen LogP contribution in [0.5, 0.6) is 0 Å². The van der Waals surface area contributed by atoms with E-state index in [4.69, 9.17) is 0 Å². The molecule has 0 aliphatic rings. The summed E-state index contributed by atoms with van der Waals surface area (Å²) in [5, 5.41) is 0. The quantitative estimate of drug-likeness (QED) is 0.517. The van der Waals surface area contributed by atoms with E-state index in [1.165, 1.54) is 0 Å². The highest BCUT2D eigenvalue weighted by Crippen LogP contribution is 2.24. The minimum Gasteiger partial charge on any atom is -0.294 e. The first-order valence-corrected chi connectivity index (χ1v) is 7.15. The van der Waals surface area contributed by atoms with Gasteiger partial charge < -0.3 is 0 Å². The van der Waals surface area contributed by atoms with Gasteiger partial charge in [0.15, 0.2) is 5.78 Å². The predicted molar refractivity (Wildman–Crippen MR) is 79.9 cm³/mol. The number of hydrogen-bond acceptors (Lipinski definition) is 1. The Labute approximate surface area is 119 Å².